The maximum absolute atomic E-state index is 12.2. The minimum absolute atomic E-state index is 0.0356. The number of carbonyl (C=O) groups excluding carboxylic acids is 1. The Labute approximate surface area is 145 Å². The minimum atomic E-state index is -2.72. The van der Waals surface area contributed by atoms with Crippen LogP contribution in [-0.2, 0) is 11.3 Å². The van der Waals surface area contributed by atoms with Crippen LogP contribution in [0.3, 0.4) is 0 Å². The molecule has 2 aromatic rings. The van der Waals surface area contributed by atoms with Gasteiger partial charge in [-0.15, -0.1) is 0 Å². The van der Waals surface area contributed by atoms with Crippen LogP contribution in [0.25, 0.3) is 0 Å². The summed E-state index contributed by atoms with van der Waals surface area (Å²) in [6, 6.07) is 3.35. The number of aryl methyl sites for hydroxylation is 1. The first-order valence-corrected chi connectivity index (χ1v) is 7.39. The number of halogens is 3. The minimum Gasteiger partial charge on any atom is -0.487 e. The van der Waals surface area contributed by atoms with Crippen LogP contribution in [0.4, 0.5) is 20.2 Å². The van der Waals surface area contributed by atoms with Gasteiger partial charge in [-0.25, -0.2) is 8.78 Å². The van der Waals surface area contributed by atoms with Crippen LogP contribution in [0.15, 0.2) is 30.6 Å². The Hall–Kier alpha value is -2.75. The highest BCUT2D eigenvalue weighted by Gasteiger charge is 2.14. The predicted molar refractivity (Wildman–Crippen MR) is 85.1 cm³/mol. The van der Waals surface area contributed by atoms with Crippen molar-refractivity contribution in [2.45, 2.75) is 19.4 Å². The smallest absolute Gasteiger partial charge is 0.275 e. The Bertz CT molecular complexity index is 769. The molecule has 8 nitrogen and oxygen atoms in total. The zero-order valence-electron chi connectivity index (χ0n) is 12.7. The number of anilines is 1. The van der Waals surface area contributed by atoms with Gasteiger partial charge >= 0.3 is 0 Å². The molecular formula is C14H13ClF2N4O4. The molecule has 1 aromatic heterocycles. The molecule has 0 fully saturated rings. The first-order chi connectivity index (χ1) is 11.8. The van der Waals surface area contributed by atoms with Gasteiger partial charge in [0.2, 0.25) is 5.91 Å². The van der Waals surface area contributed by atoms with Gasteiger partial charge in [0.25, 0.3) is 12.1 Å². The maximum Gasteiger partial charge on any atom is 0.275 e. The number of hydrogen-bond acceptors (Lipinski definition) is 5. The Morgan fingerprint density at radius 2 is 2.20 bits per heavy atom. The molecule has 134 valence electrons. The van der Waals surface area contributed by atoms with E-state index in [-0.39, 0.29) is 30.1 Å². The molecule has 0 bridgehead atoms. The Morgan fingerprint density at radius 3 is 2.80 bits per heavy atom. The first-order valence-electron chi connectivity index (χ1n) is 7.01. The molecule has 11 heteroatoms. The molecule has 0 spiro atoms. The third-order valence-electron chi connectivity index (χ3n) is 2.93. The van der Waals surface area contributed by atoms with Crippen molar-refractivity contribution in [3.8, 4) is 5.75 Å². The maximum atomic E-state index is 12.2. The van der Waals surface area contributed by atoms with Gasteiger partial charge in [-0.3, -0.25) is 19.6 Å². The molecule has 2 rings (SSSR count). The molecule has 1 amide bonds. The van der Waals surface area contributed by atoms with Crippen LogP contribution < -0.4 is 10.1 Å². The van der Waals surface area contributed by atoms with Gasteiger partial charge in [0.05, 0.1) is 27.9 Å². The largest absolute Gasteiger partial charge is 0.487 e. The summed E-state index contributed by atoms with van der Waals surface area (Å²) >= 11 is 5.71. The lowest BCUT2D eigenvalue weighted by Crippen LogP contribution is -2.15. The summed E-state index contributed by atoms with van der Waals surface area (Å²) < 4.78 is 30.7. The highest BCUT2D eigenvalue weighted by molar-refractivity contribution is 6.30. The summed E-state index contributed by atoms with van der Waals surface area (Å²) in [7, 11) is 0. The fourth-order valence-electron chi connectivity index (χ4n) is 1.90. The van der Waals surface area contributed by atoms with E-state index in [9.17, 15) is 23.7 Å². The summed E-state index contributed by atoms with van der Waals surface area (Å²) in [6.07, 6.45) is 0.275. The summed E-state index contributed by atoms with van der Waals surface area (Å²) in [5.41, 5.74) is -0.317. The molecule has 25 heavy (non-hydrogen) atoms. The number of nitrogens with zero attached hydrogens (tertiary/aromatic N) is 3. The lowest BCUT2D eigenvalue weighted by molar-refractivity contribution is -0.384. The molecule has 0 saturated carbocycles. The fraction of sp³-hybridized carbons (Fsp3) is 0.286. The van der Waals surface area contributed by atoms with Crippen molar-refractivity contribution in [3.63, 3.8) is 0 Å². The quantitative estimate of drug-likeness (QED) is 0.565. The molecule has 0 aliphatic carbocycles. The number of alkyl halides is 2. The van der Waals surface area contributed by atoms with Crippen molar-refractivity contribution in [3.05, 3.63) is 45.7 Å². The Morgan fingerprint density at radius 1 is 1.44 bits per heavy atom. The van der Waals surface area contributed by atoms with Gasteiger partial charge in [-0.1, -0.05) is 11.6 Å². The number of nitro groups is 1. The summed E-state index contributed by atoms with van der Waals surface area (Å²) in [5, 5.41) is 17.7. The molecule has 0 aliphatic rings. The van der Waals surface area contributed by atoms with Crippen LogP contribution >= 0.6 is 11.6 Å². The molecule has 1 N–H and O–H groups in total. The number of hydrogen-bond donors (Lipinski definition) is 1. The van der Waals surface area contributed by atoms with E-state index in [1.807, 2.05) is 0 Å². The van der Waals surface area contributed by atoms with E-state index in [0.717, 1.165) is 12.1 Å². The molecule has 0 saturated heterocycles. The van der Waals surface area contributed by atoms with E-state index in [2.05, 4.69) is 10.4 Å². The predicted octanol–water partition coefficient (Wildman–Crippen LogP) is 3.12. The second-order valence-corrected chi connectivity index (χ2v) is 5.33. The van der Waals surface area contributed by atoms with Gasteiger partial charge in [0, 0.05) is 31.3 Å². The van der Waals surface area contributed by atoms with Crippen molar-refractivity contribution in [1.82, 2.24) is 9.78 Å². The number of benzene rings is 1. The van der Waals surface area contributed by atoms with E-state index in [4.69, 9.17) is 16.3 Å². The van der Waals surface area contributed by atoms with Crippen molar-refractivity contribution < 1.29 is 23.2 Å². The van der Waals surface area contributed by atoms with Crippen LogP contribution in [0.1, 0.15) is 6.42 Å². The van der Waals surface area contributed by atoms with Crippen LogP contribution in [0.5, 0.6) is 5.75 Å². The standard InChI is InChI=1S/C14H13ClF2N4O4/c15-9-6-18-20(7-9)2-1-14(22)19-10-3-11(21(23)24)5-12(4-10)25-8-13(16)17/h3-7,13H,1-2,8H2,(H,19,22). The van der Waals surface area contributed by atoms with E-state index >= 15 is 0 Å². The summed E-state index contributed by atoms with van der Waals surface area (Å²) in [4.78, 5) is 22.1. The molecule has 1 heterocycles. The molecule has 0 atom stereocenters. The highest BCUT2D eigenvalue weighted by Crippen LogP contribution is 2.26. The number of aromatic nitrogens is 2. The lowest BCUT2D eigenvalue weighted by atomic mass is 10.2. The molecule has 0 unspecified atom stereocenters. The third kappa shape index (κ3) is 5.99. The normalized spacial score (nSPS) is 10.7. The Kier molecular flexibility index (Phi) is 6.23. The summed E-state index contributed by atoms with van der Waals surface area (Å²) in [6.45, 7) is -0.656. The second kappa shape index (κ2) is 8.38. The third-order valence-corrected chi connectivity index (χ3v) is 3.13. The zero-order chi connectivity index (χ0) is 18.4. The number of amides is 1. The van der Waals surface area contributed by atoms with E-state index in [0.29, 0.717) is 5.02 Å². The SMILES string of the molecule is O=C(CCn1cc(Cl)cn1)Nc1cc(OCC(F)F)cc([N+](=O)[O-])c1. The van der Waals surface area contributed by atoms with Gasteiger partial charge in [-0.2, -0.15) is 5.10 Å². The van der Waals surface area contributed by atoms with Gasteiger partial charge in [0.1, 0.15) is 12.4 Å². The number of nitrogens with one attached hydrogen (secondary N) is 1. The topological polar surface area (TPSA) is 99.3 Å². The zero-order valence-corrected chi connectivity index (χ0v) is 13.4. The molecule has 0 radical (unpaired) electrons. The second-order valence-electron chi connectivity index (χ2n) is 4.89. The van der Waals surface area contributed by atoms with Crippen molar-refractivity contribution in [2.75, 3.05) is 11.9 Å². The highest BCUT2D eigenvalue weighted by atomic mass is 35.5. The first kappa shape index (κ1) is 18.6. The van der Waals surface area contributed by atoms with Crippen molar-refractivity contribution in [2.24, 2.45) is 0 Å². The Balaban J connectivity index is 2.03. The van der Waals surface area contributed by atoms with Gasteiger partial charge in [-0.05, 0) is 0 Å². The van der Waals surface area contributed by atoms with E-state index in [1.54, 1.807) is 6.20 Å². The van der Waals surface area contributed by atoms with E-state index < -0.39 is 23.9 Å². The van der Waals surface area contributed by atoms with Crippen molar-refractivity contribution in [1.29, 1.82) is 0 Å². The number of ether oxygens (including phenoxy) is 1. The number of nitro benzene ring substituents is 1. The monoisotopic (exact) mass is 374 g/mol. The molecule has 0 aliphatic heterocycles. The van der Waals surface area contributed by atoms with Crippen LogP contribution in [-0.4, -0.2) is 33.6 Å². The molecule has 1 aromatic carbocycles. The summed E-state index contributed by atoms with van der Waals surface area (Å²) in [5.74, 6) is -0.574. The van der Waals surface area contributed by atoms with Crippen LogP contribution in [0.2, 0.25) is 5.02 Å². The fourth-order valence-corrected chi connectivity index (χ4v) is 2.06. The van der Waals surface area contributed by atoms with E-state index in [1.165, 1.54) is 16.9 Å². The van der Waals surface area contributed by atoms with Crippen LogP contribution in [0, 0.1) is 10.1 Å². The average molecular weight is 375 g/mol. The average Bonchev–Trinajstić information content (AvgIpc) is 2.96. The van der Waals surface area contributed by atoms with Gasteiger partial charge in [0.15, 0.2) is 0 Å². The number of rotatable bonds is 8. The molecular weight excluding hydrogens is 362 g/mol. The van der Waals surface area contributed by atoms with Gasteiger partial charge < -0.3 is 10.1 Å². The number of non-ortho nitro benzene ring substituents is 1. The van der Waals surface area contributed by atoms with Crippen molar-refractivity contribution >= 4 is 28.9 Å². The number of carbonyl (C=O) groups is 1. The lowest BCUT2D eigenvalue weighted by Gasteiger charge is -2.09.